The predicted octanol–water partition coefficient (Wildman–Crippen LogP) is 13.3. The van der Waals surface area contributed by atoms with E-state index in [2.05, 4.69) is 90.0 Å². The number of amides is 6. The number of nitrogens with one attached hydrogen (secondary N) is 2. The van der Waals surface area contributed by atoms with E-state index in [1.54, 1.807) is 9.80 Å². The quantitative estimate of drug-likeness (QED) is 0.0649. The van der Waals surface area contributed by atoms with Crippen LogP contribution in [0.5, 0.6) is 0 Å². The summed E-state index contributed by atoms with van der Waals surface area (Å²) in [5, 5.41) is 10.8. The molecule has 4 heterocycles. The minimum Gasteiger partial charge on any atom is -0.323 e. The van der Waals surface area contributed by atoms with Gasteiger partial charge >= 0.3 is 12.1 Å². The van der Waals surface area contributed by atoms with E-state index in [-0.39, 0.29) is 36.0 Å². The Labute approximate surface area is 420 Å². The number of piperidine rings is 2. The molecule has 0 aromatic rings. The SMILES string of the molecule is CCCCCCCCCCCON1C(C)(C)CC2(CC1(C)C)NC(=O)N(C1CCC(CC3CCC(N4C(=O)NC5(CC(C)(C)N(OCCCCCCCCCCC)C(C)(C)C5)C4=O)CC3)CC1)C2=O. The molecule has 6 rings (SSSR count). The largest absolute Gasteiger partial charge is 0.325 e. The van der Waals surface area contributed by atoms with Crippen molar-refractivity contribution in [3.05, 3.63) is 0 Å². The molecule has 4 aliphatic heterocycles. The summed E-state index contributed by atoms with van der Waals surface area (Å²) in [6.45, 7) is 23.1. The van der Waals surface area contributed by atoms with Crippen LogP contribution in [-0.2, 0) is 19.3 Å². The first-order valence-corrected chi connectivity index (χ1v) is 28.9. The van der Waals surface area contributed by atoms with Gasteiger partial charge in [0.2, 0.25) is 0 Å². The third-order valence-electron chi connectivity index (χ3n) is 17.5. The molecule has 4 saturated heterocycles. The Bertz CT molecular complexity index is 1520. The van der Waals surface area contributed by atoms with Crippen molar-refractivity contribution in [2.24, 2.45) is 11.8 Å². The van der Waals surface area contributed by atoms with Crippen LogP contribution in [0.25, 0.3) is 0 Å². The van der Waals surface area contributed by atoms with Gasteiger partial charge in [-0.05, 0) is 164 Å². The Balaban J connectivity index is 0.919. The number of hydroxylamine groups is 4. The van der Waals surface area contributed by atoms with E-state index in [9.17, 15) is 19.2 Å². The van der Waals surface area contributed by atoms with Crippen molar-refractivity contribution in [3.63, 3.8) is 0 Å². The third-order valence-corrected chi connectivity index (χ3v) is 17.5. The molecule has 6 amide bonds. The van der Waals surface area contributed by atoms with Crippen LogP contribution in [0.3, 0.4) is 0 Å². The number of imide groups is 2. The van der Waals surface area contributed by atoms with E-state index in [0.29, 0.717) is 50.7 Å². The molecule has 12 nitrogen and oxygen atoms in total. The Hall–Kier alpha value is -2.28. The maximum absolute atomic E-state index is 14.5. The van der Waals surface area contributed by atoms with E-state index in [4.69, 9.17) is 9.68 Å². The van der Waals surface area contributed by atoms with Gasteiger partial charge in [0.15, 0.2) is 0 Å². The van der Waals surface area contributed by atoms with Crippen molar-refractivity contribution in [2.45, 2.75) is 314 Å². The molecule has 2 N–H and O–H groups in total. The fraction of sp³-hybridized carbons (Fsp3) is 0.930. The smallest absolute Gasteiger partial charge is 0.323 e. The lowest BCUT2D eigenvalue weighted by atomic mass is 9.70. The topological polar surface area (TPSA) is 124 Å². The highest BCUT2D eigenvalue weighted by molar-refractivity contribution is 6.08. The predicted molar refractivity (Wildman–Crippen MR) is 277 cm³/mol. The van der Waals surface area contributed by atoms with Crippen molar-refractivity contribution < 1.29 is 28.9 Å². The van der Waals surface area contributed by atoms with Gasteiger partial charge in [-0.2, -0.15) is 10.1 Å². The first-order valence-electron chi connectivity index (χ1n) is 28.9. The summed E-state index contributed by atoms with van der Waals surface area (Å²) in [4.78, 5) is 72.8. The molecule has 6 aliphatic rings. The molecule has 6 fully saturated rings. The van der Waals surface area contributed by atoms with Crippen LogP contribution in [0.2, 0.25) is 0 Å². The fourth-order valence-corrected chi connectivity index (χ4v) is 15.0. The summed E-state index contributed by atoms with van der Waals surface area (Å²) < 4.78 is 0. The standard InChI is InChI=1S/C57H102N6O6/c1-11-13-15-17-19-21-23-25-27-37-68-62-52(3,4)40-56(41-53(62,5)6)48(64)60(50(66)58-56)46-33-29-44(30-34-46)39-45-31-35-47(36-32-45)61-49(65)57(59-51(61)67)42-54(7,8)63(55(9,10)43-57)69-38-28-26-24-22-20-18-16-14-12-2/h44-47H,11-43H2,1-10H3,(H,58,66)(H,59,67). The maximum atomic E-state index is 14.5. The van der Waals surface area contributed by atoms with Crippen molar-refractivity contribution in [1.29, 1.82) is 0 Å². The number of carbonyl (C=O) groups excluding carboxylic acids is 4. The van der Waals surface area contributed by atoms with Gasteiger partial charge in [-0.3, -0.25) is 29.1 Å². The molecule has 69 heavy (non-hydrogen) atoms. The molecule has 2 aliphatic carbocycles. The Morgan fingerprint density at radius 3 is 0.986 bits per heavy atom. The first-order chi connectivity index (χ1) is 32.7. The second-order valence-corrected chi connectivity index (χ2v) is 25.8. The van der Waals surface area contributed by atoms with E-state index in [1.165, 1.54) is 103 Å². The maximum Gasteiger partial charge on any atom is 0.325 e. The zero-order chi connectivity index (χ0) is 50.1. The average molecular weight is 967 g/mol. The Morgan fingerprint density at radius 2 is 0.696 bits per heavy atom. The van der Waals surface area contributed by atoms with Crippen molar-refractivity contribution in [1.82, 2.24) is 30.6 Å². The lowest BCUT2D eigenvalue weighted by molar-refractivity contribution is -0.289. The molecule has 0 atom stereocenters. The van der Waals surface area contributed by atoms with Crippen LogP contribution in [0.1, 0.15) is 268 Å². The Morgan fingerprint density at radius 1 is 0.420 bits per heavy atom. The number of nitrogens with zero attached hydrogens (tertiary/aromatic N) is 4. The number of carbonyl (C=O) groups is 4. The second-order valence-electron chi connectivity index (χ2n) is 25.8. The van der Waals surface area contributed by atoms with Gasteiger partial charge in [-0.25, -0.2) is 9.59 Å². The molecular formula is C57H102N6O6. The summed E-state index contributed by atoms with van der Waals surface area (Å²) in [6.07, 6.45) is 33.5. The van der Waals surface area contributed by atoms with Crippen LogP contribution >= 0.6 is 0 Å². The van der Waals surface area contributed by atoms with E-state index >= 15 is 0 Å². The molecule has 0 aromatic carbocycles. The van der Waals surface area contributed by atoms with Gasteiger partial charge in [0.25, 0.3) is 11.8 Å². The monoisotopic (exact) mass is 967 g/mol. The summed E-state index contributed by atoms with van der Waals surface area (Å²) in [7, 11) is 0. The van der Waals surface area contributed by atoms with Crippen LogP contribution < -0.4 is 10.6 Å². The van der Waals surface area contributed by atoms with Crippen molar-refractivity contribution in [2.75, 3.05) is 13.2 Å². The summed E-state index contributed by atoms with van der Waals surface area (Å²) in [6, 6.07) is -0.600. The summed E-state index contributed by atoms with van der Waals surface area (Å²) in [5.74, 6) is 1.01. The molecular weight excluding hydrogens is 865 g/mol. The Kier molecular flexibility index (Phi) is 19.6. The van der Waals surface area contributed by atoms with Crippen molar-refractivity contribution in [3.8, 4) is 0 Å². The summed E-state index contributed by atoms with van der Waals surface area (Å²) >= 11 is 0. The summed E-state index contributed by atoms with van der Waals surface area (Å²) in [5.41, 5.74) is -3.58. The first kappa shape index (κ1) is 56.0. The van der Waals surface area contributed by atoms with Crippen molar-refractivity contribution >= 4 is 23.9 Å². The molecule has 0 unspecified atom stereocenters. The van der Waals surface area contributed by atoms with E-state index in [1.807, 2.05) is 0 Å². The van der Waals surface area contributed by atoms with Gasteiger partial charge in [0, 0.05) is 34.2 Å². The van der Waals surface area contributed by atoms with Gasteiger partial charge in [0.1, 0.15) is 11.1 Å². The molecule has 2 spiro atoms. The zero-order valence-corrected chi connectivity index (χ0v) is 45.9. The number of urea groups is 2. The lowest BCUT2D eigenvalue weighted by Crippen LogP contribution is -2.69. The molecule has 12 heteroatoms. The second kappa shape index (κ2) is 24.2. The van der Waals surface area contributed by atoms with E-state index < -0.39 is 33.2 Å². The molecule has 0 bridgehead atoms. The normalized spacial score (nSPS) is 28.5. The van der Waals surface area contributed by atoms with Crippen LogP contribution in [0.4, 0.5) is 9.59 Å². The minimum atomic E-state index is -0.922. The molecule has 0 radical (unpaired) electrons. The average Bonchev–Trinajstić information content (AvgIpc) is 3.63. The molecule has 0 aromatic heterocycles. The number of unbranched alkanes of at least 4 members (excludes halogenated alkanes) is 16. The fourth-order valence-electron chi connectivity index (χ4n) is 15.0. The zero-order valence-electron chi connectivity index (χ0n) is 45.9. The minimum absolute atomic E-state index is 0.0494. The van der Waals surface area contributed by atoms with Gasteiger partial charge in [-0.15, -0.1) is 0 Å². The van der Waals surface area contributed by atoms with Crippen LogP contribution in [0.15, 0.2) is 0 Å². The highest BCUT2D eigenvalue weighted by Crippen LogP contribution is 2.49. The molecule has 396 valence electrons. The van der Waals surface area contributed by atoms with Crippen LogP contribution in [0, 0.1) is 11.8 Å². The van der Waals surface area contributed by atoms with Gasteiger partial charge in [-0.1, -0.05) is 117 Å². The highest BCUT2D eigenvalue weighted by atomic mass is 16.7. The number of hydrogen-bond donors (Lipinski definition) is 2. The third kappa shape index (κ3) is 13.7. The lowest BCUT2D eigenvalue weighted by Gasteiger charge is -2.56. The highest BCUT2D eigenvalue weighted by Gasteiger charge is 2.64. The van der Waals surface area contributed by atoms with Crippen LogP contribution in [-0.4, -0.2) is 102 Å². The van der Waals surface area contributed by atoms with Gasteiger partial charge < -0.3 is 10.6 Å². The van der Waals surface area contributed by atoms with Gasteiger partial charge in [0.05, 0.1) is 13.2 Å². The van der Waals surface area contributed by atoms with E-state index in [0.717, 1.165) is 70.6 Å². The number of hydrogen-bond acceptors (Lipinski definition) is 8. The molecule has 2 saturated carbocycles. The number of rotatable bonds is 26.